The van der Waals surface area contributed by atoms with Crippen LogP contribution in [0.15, 0.2) is 0 Å². The summed E-state index contributed by atoms with van der Waals surface area (Å²) in [5.41, 5.74) is -3.27. The Morgan fingerprint density at radius 2 is 1.80 bits per heavy atom. The lowest BCUT2D eigenvalue weighted by Gasteiger charge is -2.03. The molecule has 0 aromatic heterocycles. The van der Waals surface area contributed by atoms with Crippen LogP contribution in [0.5, 0.6) is 0 Å². The number of nitrogens with zero attached hydrogens (tertiary/aromatic N) is 2. The van der Waals surface area contributed by atoms with E-state index in [0.29, 0.717) is 0 Å². The van der Waals surface area contributed by atoms with Crippen LogP contribution in [0.1, 0.15) is 11.1 Å². The third kappa shape index (κ3) is 1.50. The Hall–Kier alpha value is -2.10. The van der Waals surface area contributed by atoms with Crippen LogP contribution < -0.4 is 0 Å². The second kappa shape index (κ2) is 3.57. The van der Waals surface area contributed by atoms with E-state index in [1.165, 1.54) is 0 Å². The highest BCUT2D eigenvalue weighted by Crippen LogP contribution is 2.29. The van der Waals surface area contributed by atoms with Crippen LogP contribution in [0.3, 0.4) is 0 Å². The highest BCUT2D eigenvalue weighted by atomic mass is 19.2. The molecule has 0 saturated heterocycles. The standard InChI is InChI=1S/C8H3F3N2O2/c1-3-5(9)6(10)4(2-12)7(11)8(3)13(14)15/h1H3. The molecule has 7 heteroatoms. The largest absolute Gasteiger partial charge is 0.312 e. The van der Waals surface area contributed by atoms with Gasteiger partial charge in [0, 0.05) is 0 Å². The molecular weight excluding hydrogens is 213 g/mol. The zero-order valence-corrected chi connectivity index (χ0v) is 7.34. The number of nitro benzene ring substituents is 1. The van der Waals surface area contributed by atoms with Crippen LogP contribution in [0, 0.1) is 45.8 Å². The summed E-state index contributed by atoms with van der Waals surface area (Å²) < 4.78 is 39.0. The Kier molecular flexibility index (Phi) is 2.61. The molecule has 0 aliphatic carbocycles. The van der Waals surface area contributed by atoms with Crippen molar-refractivity contribution >= 4 is 5.69 Å². The number of hydrogen-bond donors (Lipinski definition) is 0. The van der Waals surface area contributed by atoms with E-state index in [4.69, 9.17) is 5.26 Å². The third-order valence-electron chi connectivity index (χ3n) is 1.82. The van der Waals surface area contributed by atoms with E-state index in [-0.39, 0.29) is 0 Å². The second-order valence-corrected chi connectivity index (χ2v) is 2.66. The van der Waals surface area contributed by atoms with Gasteiger partial charge in [0.25, 0.3) is 0 Å². The molecule has 4 nitrogen and oxygen atoms in total. The van der Waals surface area contributed by atoms with Crippen LogP contribution in [-0.2, 0) is 0 Å². The summed E-state index contributed by atoms with van der Waals surface area (Å²) in [6.45, 7) is 0.862. The molecule has 0 heterocycles. The van der Waals surface area contributed by atoms with Gasteiger partial charge in [-0.15, -0.1) is 0 Å². The highest BCUT2D eigenvalue weighted by molar-refractivity contribution is 5.50. The van der Waals surface area contributed by atoms with Crippen molar-refractivity contribution in [2.45, 2.75) is 6.92 Å². The lowest BCUT2D eigenvalue weighted by Crippen LogP contribution is -2.05. The average molecular weight is 216 g/mol. The molecule has 78 valence electrons. The Morgan fingerprint density at radius 1 is 1.27 bits per heavy atom. The molecule has 0 bridgehead atoms. The van der Waals surface area contributed by atoms with E-state index in [9.17, 15) is 23.3 Å². The predicted octanol–water partition coefficient (Wildman–Crippen LogP) is 2.19. The fourth-order valence-corrected chi connectivity index (χ4v) is 1.07. The minimum atomic E-state index is -1.71. The highest BCUT2D eigenvalue weighted by Gasteiger charge is 2.29. The van der Waals surface area contributed by atoms with Gasteiger partial charge in [0.1, 0.15) is 11.6 Å². The molecule has 0 aliphatic heterocycles. The first-order valence-electron chi connectivity index (χ1n) is 3.63. The molecule has 0 atom stereocenters. The molecule has 0 radical (unpaired) electrons. The molecular formula is C8H3F3N2O2. The van der Waals surface area contributed by atoms with Crippen LogP contribution in [0.2, 0.25) is 0 Å². The molecule has 0 amide bonds. The molecule has 0 aliphatic rings. The lowest BCUT2D eigenvalue weighted by molar-refractivity contribution is -0.388. The first-order valence-corrected chi connectivity index (χ1v) is 3.63. The van der Waals surface area contributed by atoms with E-state index >= 15 is 0 Å². The van der Waals surface area contributed by atoms with Gasteiger partial charge in [-0.1, -0.05) is 0 Å². The maximum atomic E-state index is 13.2. The van der Waals surface area contributed by atoms with Gasteiger partial charge in [-0.3, -0.25) is 10.1 Å². The van der Waals surface area contributed by atoms with Gasteiger partial charge in [0.15, 0.2) is 11.6 Å². The SMILES string of the molecule is Cc1c(F)c(F)c(C#N)c(F)c1[N+](=O)[O-]. The van der Waals surface area contributed by atoms with E-state index in [1.54, 1.807) is 0 Å². The van der Waals surface area contributed by atoms with Crippen LogP contribution in [0.25, 0.3) is 0 Å². The van der Waals surface area contributed by atoms with Crippen molar-refractivity contribution in [3.8, 4) is 6.07 Å². The summed E-state index contributed by atoms with van der Waals surface area (Å²) in [5, 5.41) is 18.6. The monoisotopic (exact) mass is 216 g/mol. The van der Waals surface area contributed by atoms with Gasteiger partial charge in [-0.25, -0.2) is 8.78 Å². The molecule has 0 fully saturated rings. The zero-order valence-electron chi connectivity index (χ0n) is 7.34. The number of benzene rings is 1. The molecule has 0 spiro atoms. The molecule has 0 N–H and O–H groups in total. The first kappa shape index (κ1) is 11.0. The lowest BCUT2D eigenvalue weighted by atomic mass is 10.1. The summed E-state index contributed by atoms with van der Waals surface area (Å²) in [6.07, 6.45) is 0. The summed E-state index contributed by atoms with van der Waals surface area (Å²) in [7, 11) is 0. The second-order valence-electron chi connectivity index (χ2n) is 2.66. The van der Waals surface area contributed by atoms with Gasteiger partial charge in [-0.05, 0) is 6.92 Å². The fourth-order valence-electron chi connectivity index (χ4n) is 1.07. The third-order valence-corrected chi connectivity index (χ3v) is 1.82. The van der Waals surface area contributed by atoms with Crippen molar-refractivity contribution in [2.75, 3.05) is 0 Å². The van der Waals surface area contributed by atoms with Crippen molar-refractivity contribution in [1.82, 2.24) is 0 Å². The zero-order chi connectivity index (χ0) is 11.7. The normalized spacial score (nSPS) is 9.80. The number of halogens is 3. The molecule has 0 unspecified atom stereocenters. The quantitative estimate of drug-likeness (QED) is 0.410. The number of nitro groups is 1. The first-order chi connectivity index (χ1) is 6.91. The predicted molar refractivity (Wildman–Crippen MR) is 42.4 cm³/mol. The van der Waals surface area contributed by atoms with Gasteiger partial charge in [0.2, 0.25) is 5.82 Å². The number of nitriles is 1. The summed E-state index contributed by atoms with van der Waals surface area (Å²) in [6, 6.07) is 1.03. The maximum Gasteiger partial charge on any atom is 0.312 e. The minimum absolute atomic E-state index is 0.769. The van der Waals surface area contributed by atoms with Crippen LogP contribution in [0.4, 0.5) is 18.9 Å². The maximum absolute atomic E-state index is 13.2. The summed E-state index contributed by atoms with van der Waals surface area (Å²) >= 11 is 0. The summed E-state index contributed by atoms with van der Waals surface area (Å²) in [5.74, 6) is -4.95. The van der Waals surface area contributed by atoms with Crippen LogP contribution in [-0.4, -0.2) is 4.92 Å². The Labute approximate surface area is 81.7 Å². The number of rotatable bonds is 1. The van der Waals surface area contributed by atoms with Gasteiger partial charge >= 0.3 is 5.69 Å². The summed E-state index contributed by atoms with van der Waals surface area (Å²) in [4.78, 5) is 9.14. The molecule has 1 aromatic carbocycles. The molecule has 15 heavy (non-hydrogen) atoms. The Bertz CT molecular complexity index is 494. The Morgan fingerprint density at radius 3 is 2.20 bits per heavy atom. The van der Waals surface area contributed by atoms with E-state index in [0.717, 1.165) is 13.0 Å². The average Bonchev–Trinajstić information content (AvgIpc) is 2.15. The molecule has 0 saturated carbocycles. The smallest absolute Gasteiger partial charge is 0.258 e. The van der Waals surface area contributed by atoms with Crippen LogP contribution >= 0.6 is 0 Å². The number of hydrogen-bond acceptors (Lipinski definition) is 3. The topological polar surface area (TPSA) is 66.9 Å². The molecule has 1 rings (SSSR count). The minimum Gasteiger partial charge on any atom is -0.258 e. The van der Waals surface area contributed by atoms with Crippen molar-refractivity contribution < 1.29 is 18.1 Å². The van der Waals surface area contributed by atoms with E-state index in [2.05, 4.69) is 0 Å². The Balaban J connectivity index is 3.78. The van der Waals surface area contributed by atoms with E-state index in [1.807, 2.05) is 0 Å². The molecule has 1 aromatic rings. The van der Waals surface area contributed by atoms with E-state index < -0.39 is 39.2 Å². The van der Waals surface area contributed by atoms with Gasteiger partial charge < -0.3 is 0 Å². The van der Waals surface area contributed by atoms with Crippen molar-refractivity contribution in [2.24, 2.45) is 0 Å². The fraction of sp³-hybridized carbons (Fsp3) is 0.125. The van der Waals surface area contributed by atoms with Gasteiger partial charge in [-0.2, -0.15) is 9.65 Å². The van der Waals surface area contributed by atoms with Crippen molar-refractivity contribution in [1.29, 1.82) is 5.26 Å². The van der Waals surface area contributed by atoms with Crippen molar-refractivity contribution in [3.05, 3.63) is 38.7 Å². The van der Waals surface area contributed by atoms with Crippen molar-refractivity contribution in [3.63, 3.8) is 0 Å². The van der Waals surface area contributed by atoms with Gasteiger partial charge in [0.05, 0.1) is 10.5 Å².